The van der Waals surface area contributed by atoms with Crippen molar-refractivity contribution in [2.24, 2.45) is 5.73 Å². The van der Waals surface area contributed by atoms with Gasteiger partial charge in [-0.3, -0.25) is 14.4 Å². The van der Waals surface area contributed by atoms with Crippen LogP contribution in [0.15, 0.2) is 18.2 Å². The van der Waals surface area contributed by atoms with Crippen molar-refractivity contribution < 1.29 is 19.1 Å². The summed E-state index contributed by atoms with van der Waals surface area (Å²) in [4.78, 5) is 38.4. The molecule has 0 radical (unpaired) electrons. The highest BCUT2D eigenvalue weighted by molar-refractivity contribution is 7.17. The predicted octanol–water partition coefficient (Wildman–Crippen LogP) is 3.72. The second kappa shape index (κ2) is 6.74. The molecule has 0 unspecified atom stereocenters. The van der Waals surface area contributed by atoms with Gasteiger partial charge in [-0.25, -0.2) is 0 Å². The summed E-state index contributed by atoms with van der Waals surface area (Å²) in [6.07, 6.45) is 4.05. The van der Waals surface area contributed by atoms with E-state index >= 15 is 0 Å². The number of benzene rings is 1. The normalized spacial score (nSPS) is 17.3. The van der Waals surface area contributed by atoms with Crippen LogP contribution in [0.1, 0.15) is 74.6 Å². The van der Waals surface area contributed by atoms with Crippen LogP contribution in [-0.2, 0) is 12.8 Å². The highest BCUT2D eigenvalue weighted by Gasteiger charge is 2.33. The van der Waals surface area contributed by atoms with Crippen molar-refractivity contribution >= 4 is 33.9 Å². The molecule has 0 bridgehead atoms. The zero-order chi connectivity index (χ0) is 20.1. The third-order valence-corrected chi connectivity index (χ3v) is 6.37. The number of nitrogens with one attached hydrogen (secondary N) is 1. The van der Waals surface area contributed by atoms with E-state index in [1.807, 2.05) is 13.8 Å². The van der Waals surface area contributed by atoms with Gasteiger partial charge >= 0.3 is 0 Å². The van der Waals surface area contributed by atoms with Crippen LogP contribution >= 0.6 is 11.3 Å². The van der Waals surface area contributed by atoms with Gasteiger partial charge < -0.3 is 15.8 Å². The fourth-order valence-electron chi connectivity index (χ4n) is 3.88. The zero-order valence-electron chi connectivity index (χ0n) is 15.9. The number of carbonyl (C=O) groups is 3. The number of fused-ring (bicyclic) bond motifs is 2. The lowest BCUT2D eigenvalue weighted by Gasteiger charge is -2.31. The van der Waals surface area contributed by atoms with Gasteiger partial charge in [0.25, 0.3) is 11.8 Å². The first-order valence-electron chi connectivity index (χ1n) is 9.37. The standard InChI is InChI=1S/C21H22N2O4S/c1-21(2)10-14(24)13-9-11(7-8-15(13)27-21)19(26)23-20-17(18(22)25)12-5-3-4-6-16(12)28-20/h7-9H,3-6,10H2,1-2H3,(H2,22,25)(H,23,26). The van der Waals surface area contributed by atoms with E-state index in [-0.39, 0.29) is 18.1 Å². The number of hydrogen-bond acceptors (Lipinski definition) is 5. The summed E-state index contributed by atoms with van der Waals surface area (Å²) in [5.74, 6) is -0.458. The van der Waals surface area contributed by atoms with Gasteiger partial charge in [0.1, 0.15) is 16.4 Å². The molecule has 0 saturated carbocycles. The Hall–Kier alpha value is -2.67. The number of rotatable bonds is 3. The molecule has 2 amide bonds. The van der Waals surface area contributed by atoms with Gasteiger partial charge in [0, 0.05) is 10.4 Å². The van der Waals surface area contributed by atoms with Crippen molar-refractivity contribution in [2.75, 3.05) is 5.32 Å². The van der Waals surface area contributed by atoms with E-state index in [9.17, 15) is 14.4 Å². The molecule has 0 atom stereocenters. The molecule has 6 nitrogen and oxygen atoms in total. The number of nitrogens with two attached hydrogens (primary N) is 1. The van der Waals surface area contributed by atoms with Gasteiger partial charge in [-0.2, -0.15) is 0 Å². The summed E-state index contributed by atoms with van der Waals surface area (Å²) >= 11 is 1.42. The Balaban J connectivity index is 1.64. The maximum atomic E-state index is 12.8. The number of ketones is 1. The Kier molecular flexibility index (Phi) is 4.50. The molecule has 28 heavy (non-hydrogen) atoms. The highest BCUT2D eigenvalue weighted by atomic mass is 32.1. The number of Topliss-reactive ketones (excluding diaryl/α,β-unsaturated/α-hetero) is 1. The van der Waals surface area contributed by atoms with Crippen LogP contribution in [0, 0.1) is 0 Å². The van der Waals surface area contributed by atoms with Crippen LogP contribution in [0.3, 0.4) is 0 Å². The molecule has 1 aromatic carbocycles. The molecular formula is C21H22N2O4S. The summed E-state index contributed by atoms with van der Waals surface area (Å²) in [5.41, 5.74) is 7.18. The third kappa shape index (κ3) is 3.30. The predicted molar refractivity (Wildman–Crippen MR) is 108 cm³/mol. The van der Waals surface area contributed by atoms with E-state index in [1.54, 1.807) is 18.2 Å². The second-order valence-electron chi connectivity index (χ2n) is 7.91. The fraction of sp³-hybridized carbons (Fsp3) is 0.381. The number of thiophene rings is 1. The lowest BCUT2D eigenvalue weighted by Crippen LogP contribution is -2.36. The van der Waals surface area contributed by atoms with Crippen LogP contribution in [0.4, 0.5) is 5.00 Å². The number of ether oxygens (including phenoxy) is 1. The molecule has 7 heteroatoms. The topological polar surface area (TPSA) is 98.5 Å². The molecule has 1 aliphatic carbocycles. The van der Waals surface area contributed by atoms with Gasteiger partial charge in [0.05, 0.1) is 17.5 Å². The monoisotopic (exact) mass is 398 g/mol. The minimum Gasteiger partial charge on any atom is -0.487 e. The van der Waals surface area contributed by atoms with E-state index in [4.69, 9.17) is 10.5 Å². The number of carbonyl (C=O) groups excluding carboxylic acids is 3. The molecule has 146 valence electrons. The van der Waals surface area contributed by atoms with Crippen molar-refractivity contribution in [2.45, 2.75) is 51.6 Å². The smallest absolute Gasteiger partial charge is 0.256 e. The molecule has 2 heterocycles. The first kappa shape index (κ1) is 18.7. The Bertz CT molecular complexity index is 1010. The summed E-state index contributed by atoms with van der Waals surface area (Å²) in [6.45, 7) is 3.72. The lowest BCUT2D eigenvalue weighted by atomic mass is 9.92. The first-order valence-corrected chi connectivity index (χ1v) is 10.2. The molecule has 2 aromatic rings. The van der Waals surface area contributed by atoms with Crippen molar-refractivity contribution in [1.82, 2.24) is 0 Å². The molecule has 4 rings (SSSR count). The van der Waals surface area contributed by atoms with Gasteiger partial charge in [-0.1, -0.05) is 0 Å². The number of anilines is 1. The third-order valence-electron chi connectivity index (χ3n) is 5.16. The summed E-state index contributed by atoms with van der Waals surface area (Å²) in [6, 6.07) is 4.83. The van der Waals surface area contributed by atoms with E-state index in [1.165, 1.54) is 11.3 Å². The van der Waals surface area contributed by atoms with Crippen molar-refractivity contribution in [3.63, 3.8) is 0 Å². The molecule has 1 aliphatic heterocycles. The van der Waals surface area contributed by atoms with E-state index in [0.29, 0.717) is 27.4 Å². The quantitative estimate of drug-likeness (QED) is 0.823. The summed E-state index contributed by atoms with van der Waals surface area (Å²) in [7, 11) is 0. The average molecular weight is 398 g/mol. The average Bonchev–Trinajstić information content (AvgIpc) is 2.98. The van der Waals surface area contributed by atoms with Crippen molar-refractivity contribution in [1.29, 1.82) is 0 Å². The van der Waals surface area contributed by atoms with Gasteiger partial charge in [0.15, 0.2) is 5.78 Å². The molecular weight excluding hydrogens is 376 g/mol. The Labute approximate surface area is 167 Å². The minimum atomic E-state index is -0.555. The Morgan fingerprint density at radius 2 is 1.96 bits per heavy atom. The number of hydrogen-bond donors (Lipinski definition) is 2. The molecule has 1 aromatic heterocycles. The van der Waals surface area contributed by atoms with Crippen LogP contribution in [0.5, 0.6) is 5.75 Å². The van der Waals surface area contributed by atoms with Crippen LogP contribution in [-0.4, -0.2) is 23.2 Å². The van der Waals surface area contributed by atoms with Crippen LogP contribution in [0.25, 0.3) is 0 Å². The van der Waals surface area contributed by atoms with Crippen molar-refractivity contribution in [3.8, 4) is 5.75 Å². The van der Waals surface area contributed by atoms with Crippen LogP contribution in [0.2, 0.25) is 0 Å². The second-order valence-corrected chi connectivity index (χ2v) is 9.01. The number of aryl methyl sites for hydroxylation is 1. The van der Waals surface area contributed by atoms with Gasteiger partial charge in [-0.05, 0) is 63.3 Å². The van der Waals surface area contributed by atoms with Gasteiger partial charge in [0.2, 0.25) is 0 Å². The molecule has 0 fully saturated rings. The Morgan fingerprint density at radius 1 is 1.21 bits per heavy atom. The lowest BCUT2D eigenvalue weighted by molar-refractivity contribution is 0.0620. The number of primary amides is 1. The molecule has 2 aliphatic rings. The van der Waals surface area contributed by atoms with Crippen LogP contribution < -0.4 is 15.8 Å². The van der Waals surface area contributed by atoms with Crippen molar-refractivity contribution in [3.05, 3.63) is 45.3 Å². The highest BCUT2D eigenvalue weighted by Crippen LogP contribution is 2.38. The minimum absolute atomic E-state index is 0.0506. The fourth-order valence-corrected chi connectivity index (χ4v) is 5.17. The summed E-state index contributed by atoms with van der Waals surface area (Å²) in [5, 5.41) is 3.32. The first-order chi connectivity index (χ1) is 13.2. The maximum Gasteiger partial charge on any atom is 0.256 e. The summed E-state index contributed by atoms with van der Waals surface area (Å²) < 4.78 is 5.84. The molecule has 0 spiro atoms. The molecule has 3 N–H and O–H groups in total. The number of amides is 2. The van der Waals surface area contributed by atoms with E-state index in [2.05, 4.69) is 5.32 Å². The largest absolute Gasteiger partial charge is 0.487 e. The molecule has 0 saturated heterocycles. The SMILES string of the molecule is CC1(C)CC(=O)c2cc(C(=O)Nc3sc4c(c3C(N)=O)CCCC4)ccc2O1. The van der Waals surface area contributed by atoms with E-state index in [0.717, 1.165) is 36.1 Å². The van der Waals surface area contributed by atoms with Gasteiger partial charge in [-0.15, -0.1) is 11.3 Å². The Morgan fingerprint density at radius 3 is 2.71 bits per heavy atom. The van der Waals surface area contributed by atoms with E-state index < -0.39 is 11.5 Å². The maximum absolute atomic E-state index is 12.8. The zero-order valence-corrected chi connectivity index (χ0v) is 16.7.